The Hall–Kier alpha value is -1.38. The second kappa shape index (κ2) is 4.03. The first-order valence-corrected chi connectivity index (χ1v) is 4.20. The maximum atomic E-state index is 9.60. The highest BCUT2D eigenvalue weighted by molar-refractivity contribution is 5.54. The third-order valence-electron chi connectivity index (χ3n) is 1.80. The Morgan fingerprint density at radius 1 is 1.38 bits per heavy atom. The number of phenols is 1. The lowest BCUT2D eigenvalue weighted by Crippen LogP contribution is -1.96. The van der Waals surface area contributed by atoms with Crippen molar-refractivity contribution in [3.8, 4) is 17.2 Å². The molecule has 0 saturated heterocycles. The number of aromatic hydroxyl groups is 1. The lowest BCUT2D eigenvalue weighted by atomic mass is 10.2. The van der Waals surface area contributed by atoms with Crippen LogP contribution in [0.3, 0.4) is 0 Å². The number of benzene rings is 1. The molecule has 1 aromatic rings. The minimum atomic E-state index is 0.147. The molecule has 0 aliphatic heterocycles. The number of aryl methyl sites for hydroxylation is 1. The van der Waals surface area contributed by atoms with Crippen molar-refractivity contribution in [2.75, 3.05) is 13.7 Å². The van der Waals surface area contributed by atoms with Gasteiger partial charge >= 0.3 is 0 Å². The van der Waals surface area contributed by atoms with E-state index < -0.39 is 0 Å². The molecule has 13 heavy (non-hydrogen) atoms. The maximum absolute atomic E-state index is 9.60. The van der Waals surface area contributed by atoms with Gasteiger partial charge in [-0.15, -0.1) is 0 Å². The van der Waals surface area contributed by atoms with E-state index in [-0.39, 0.29) is 5.75 Å². The third kappa shape index (κ3) is 1.86. The molecular formula is C10H14O3. The molecule has 0 heterocycles. The van der Waals surface area contributed by atoms with Gasteiger partial charge in [-0.05, 0) is 25.5 Å². The van der Waals surface area contributed by atoms with Crippen LogP contribution < -0.4 is 9.47 Å². The van der Waals surface area contributed by atoms with E-state index in [1.807, 2.05) is 13.8 Å². The molecule has 0 radical (unpaired) electrons. The lowest BCUT2D eigenvalue weighted by Gasteiger charge is -2.11. The van der Waals surface area contributed by atoms with Crippen molar-refractivity contribution in [3.05, 3.63) is 17.7 Å². The molecule has 0 aromatic heterocycles. The van der Waals surface area contributed by atoms with E-state index in [2.05, 4.69) is 0 Å². The van der Waals surface area contributed by atoms with Gasteiger partial charge < -0.3 is 14.6 Å². The van der Waals surface area contributed by atoms with Crippen molar-refractivity contribution in [3.63, 3.8) is 0 Å². The highest BCUT2D eigenvalue weighted by atomic mass is 16.5. The normalized spacial score (nSPS) is 9.77. The molecule has 0 spiro atoms. The summed E-state index contributed by atoms with van der Waals surface area (Å²) in [7, 11) is 1.51. The van der Waals surface area contributed by atoms with Gasteiger partial charge in [0.25, 0.3) is 0 Å². The highest BCUT2D eigenvalue weighted by Gasteiger charge is 2.11. The summed E-state index contributed by atoms with van der Waals surface area (Å²) in [6.07, 6.45) is 0. The van der Waals surface area contributed by atoms with E-state index in [0.29, 0.717) is 18.1 Å². The van der Waals surface area contributed by atoms with Crippen LogP contribution in [0.25, 0.3) is 0 Å². The van der Waals surface area contributed by atoms with Crippen molar-refractivity contribution in [2.45, 2.75) is 13.8 Å². The Labute approximate surface area is 77.9 Å². The predicted molar refractivity (Wildman–Crippen MR) is 50.6 cm³/mol. The van der Waals surface area contributed by atoms with Crippen molar-refractivity contribution in [1.82, 2.24) is 0 Å². The number of hydrogen-bond acceptors (Lipinski definition) is 3. The predicted octanol–water partition coefficient (Wildman–Crippen LogP) is 2.11. The van der Waals surface area contributed by atoms with E-state index in [0.717, 1.165) is 5.56 Å². The minimum Gasteiger partial charge on any atom is -0.504 e. The summed E-state index contributed by atoms with van der Waals surface area (Å²) in [5.74, 6) is 1.13. The van der Waals surface area contributed by atoms with Crippen molar-refractivity contribution >= 4 is 0 Å². The molecular weight excluding hydrogens is 168 g/mol. The fourth-order valence-corrected chi connectivity index (χ4v) is 1.12. The van der Waals surface area contributed by atoms with E-state index >= 15 is 0 Å². The zero-order valence-corrected chi connectivity index (χ0v) is 8.13. The molecule has 1 N–H and O–H groups in total. The van der Waals surface area contributed by atoms with Crippen molar-refractivity contribution in [1.29, 1.82) is 0 Å². The fraction of sp³-hybridized carbons (Fsp3) is 0.400. The van der Waals surface area contributed by atoms with Crippen LogP contribution in [0.15, 0.2) is 12.1 Å². The molecule has 0 atom stereocenters. The van der Waals surface area contributed by atoms with Gasteiger partial charge in [-0.3, -0.25) is 0 Å². The van der Waals surface area contributed by atoms with Gasteiger partial charge in [-0.25, -0.2) is 0 Å². The Bertz CT molecular complexity index is 294. The van der Waals surface area contributed by atoms with Gasteiger partial charge in [-0.2, -0.15) is 0 Å². The Kier molecular flexibility index (Phi) is 3.01. The molecule has 1 rings (SSSR count). The number of rotatable bonds is 3. The van der Waals surface area contributed by atoms with Crippen LogP contribution in [0.2, 0.25) is 0 Å². The topological polar surface area (TPSA) is 38.7 Å². The highest BCUT2D eigenvalue weighted by Crippen LogP contribution is 2.38. The van der Waals surface area contributed by atoms with Gasteiger partial charge in [0, 0.05) is 0 Å². The smallest absolute Gasteiger partial charge is 0.203 e. The van der Waals surface area contributed by atoms with Gasteiger partial charge in [0.05, 0.1) is 13.7 Å². The molecule has 0 aliphatic rings. The number of phenolic OH excluding ortho intramolecular Hbond substituents is 1. The molecule has 0 fully saturated rings. The molecule has 3 heteroatoms. The monoisotopic (exact) mass is 182 g/mol. The molecule has 1 aromatic carbocycles. The van der Waals surface area contributed by atoms with Crippen LogP contribution in [-0.2, 0) is 0 Å². The second-order valence-electron chi connectivity index (χ2n) is 2.70. The number of ether oxygens (including phenoxy) is 2. The average Bonchev–Trinajstić information content (AvgIpc) is 2.12. The SMILES string of the molecule is CCOc1ccc(C)c(O)c1OC. The first-order chi connectivity index (χ1) is 6.20. The number of hydrogen-bond donors (Lipinski definition) is 1. The third-order valence-corrected chi connectivity index (χ3v) is 1.80. The summed E-state index contributed by atoms with van der Waals surface area (Å²) in [6.45, 7) is 4.25. The first-order valence-electron chi connectivity index (χ1n) is 4.20. The first kappa shape index (κ1) is 9.71. The van der Waals surface area contributed by atoms with Gasteiger partial charge in [0.2, 0.25) is 5.75 Å². The summed E-state index contributed by atoms with van der Waals surface area (Å²) >= 11 is 0. The van der Waals surface area contributed by atoms with E-state index in [1.165, 1.54) is 7.11 Å². The van der Waals surface area contributed by atoms with Gasteiger partial charge in [0.15, 0.2) is 11.5 Å². The lowest BCUT2D eigenvalue weighted by molar-refractivity contribution is 0.300. The molecule has 72 valence electrons. The van der Waals surface area contributed by atoms with Gasteiger partial charge in [0.1, 0.15) is 0 Å². The standard InChI is InChI=1S/C10H14O3/c1-4-13-8-6-5-7(2)9(11)10(8)12-3/h5-6,11H,4H2,1-3H3. The molecule has 0 aliphatic carbocycles. The van der Waals surface area contributed by atoms with Crippen LogP contribution in [0.4, 0.5) is 0 Å². The Morgan fingerprint density at radius 2 is 2.08 bits per heavy atom. The zero-order chi connectivity index (χ0) is 9.84. The van der Waals surface area contributed by atoms with Crippen LogP contribution >= 0.6 is 0 Å². The molecule has 0 unspecified atom stereocenters. The van der Waals surface area contributed by atoms with E-state index in [9.17, 15) is 5.11 Å². The summed E-state index contributed by atoms with van der Waals surface area (Å²) in [4.78, 5) is 0. The molecule has 0 amide bonds. The maximum Gasteiger partial charge on any atom is 0.203 e. The van der Waals surface area contributed by atoms with Crippen LogP contribution in [0.1, 0.15) is 12.5 Å². The second-order valence-corrected chi connectivity index (χ2v) is 2.70. The van der Waals surface area contributed by atoms with Gasteiger partial charge in [-0.1, -0.05) is 6.07 Å². The number of methoxy groups -OCH3 is 1. The molecule has 0 saturated carbocycles. The summed E-state index contributed by atoms with van der Waals surface area (Å²) in [5.41, 5.74) is 0.778. The van der Waals surface area contributed by atoms with E-state index in [4.69, 9.17) is 9.47 Å². The molecule has 3 nitrogen and oxygen atoms in total. The zero-order valence-electron chi connectivity index (χ0n) is 8.13. The summed E-state index contributed by atoms with van der Waals surface area (Å²) in [6, 6.07) is 3.58. The largest absolute Gasteiger partial charge is 0.504 e. The Balaban J connectivity index is 3.13. The van der Waals surface area contributed by atoms with Crippen molar-refractivity contribution < 1.29 is 14.6 Å². The Morgan fingerprint density at radius 3 is 2.62 bits per heavy atom. The quantitative estimate of drug-likeness (QED) is 0.778. The average molecular weight is 182 g/mol. The van der Waals surface area contributed by atoms with Crippen LogP contribution in [0, 0.1) is 6.92 Å². The summed E-state index contributed by atoms with van der Waals surface area (Å²) < 4.78 is 10.3. The van der Waals surface area contributed by atoms with Crippen LogP contribution in [-0.4, -0.2) is 18.8 Å². The van der Waals surface area contributed by atoms with Crippen LogP contribution in [0.5, 0.6) is 17.2 Å². The minimum absolute atomic E-state index is 0.147. The summed E-state index contributed by atoms with van der Waals surface area (Å²) in [5, 5.41) is 9.60. The van der Waals surface area contributed by atoms with E-state index in [1.54, 1.807) is 12.1 Å². The van der Waals surface area contributed by atoms with Crippen molar-refractivity contribution in [2.24, 2.45) is 0 Å². The fourth-order valence-electron chi connectivity index (χ4n) is 1.12. The molecule has 0 bridgehead atoms.